The van der Waals surface area contributed by atoms with E-state index in [1.807, 2.05) is 0 Å². The standard InChI is InChI=1S/C8H7Cl2N5/c9-6-1-7(10)15-8(14-6)12-3-5-2-11-4-13-5/h1-2,4H,3H2,(H,11,13)(H,12,14,15). The molecule has 0 radical (unpaired) electrons. The maximum Gasteiger partial charge on any atom is 0.225 e. The van der Waals surface area contributed by atoms with Crippen LogP contribution in [0.5, 0.6) is 0 Å². The molecule has 0 aliphatic carbocycles. The van der Waals surface area contributed by atoms with Crippen molar-refractivity contribution in [3.05, 3.63) is 34.6 Å². The van der Waals surface area contributed by atoms with Crippen LogP contribution in [0.2, 0.25) is 10.3 Å². The van der Waals surface area contributed by atoms with Gasteiger partial charge in [-0.25, -0.2) is 15.0 Å². The minimum atomic E-state index is 0.308. The molecule has 78 valence electrons. The third kappa shape index (κ3) is 2.81. The Kier molecular flexibility index (Phi) is 3.03. The maximum absolute atomic E-state index is 5.72. The van der Waals surface area contributed by atoms with Crippen LogP contribution in [0.15, 0.2) is 18.6 Å². The molecule has 2 N–H and O–H groups in total. The Labute approximate surface area is 95.9 Å². The lowest BCUT2D eigenvalue weighted by atomic mass is 10.5. The summed E-state index contributed by atoms with van der Waals surface area (Å²) in [5.74, 6) is 0.391. The van der Waals surface area contributed by atoms with Crippen molar-refractivity contribution < 1.29 is 0 Å². The predicted molar refractivity (Wildman–Crippen MR) is 58.0 cm³/mol. The van der Waals surface area contributed by atoms with E-state index < -0.39 is 0 Å². The van der Waals surface area contributed by atoms with Gasteiger partial charge in [0.05, 0.1) is 18.6 Å². The molecule has 2 rings (SSSR count). The van der Waals surface area contributed by atoms with Crippen LogP contribution in [0.4, 0.5) is 5.95 Å². The molecule has 0 aliphatic heterocycles. The summed E-state index contributed by atoms with van der Waals surface area (Å²) in [6, 6.07) is 1.48. The number of hydrogen-bond donors (Lipinski definition) is 2. The van der Waals surface area contributed by atoms with Crippen LogP contribution < -0.4 is 5.32 Å². The molecule has 0 atom stereocenters. The number of aromatic amines is 1. The first kappa shape index (κ1) is 10.2. The highest BCUT2D eigenvalue weighted by Crippen LogP contribution is 2.14. The molecule has 0 amide bonds. The number of imidazole rings is 1. The Morgan fingerprint density at radius 1 is 1.27 bits per heavy atom. The van der Waals surface area contributed by atoms with Crippen LogP contribution in [0.25, 0.3) is 0 Å². The number of anilines is 1. The zero-order chi connectivity index (χ0) is 10.7. The van der Waals surface area contributed by atoms with Gasteiger partial charge in [-0.15, -0.1) is 0 Å². The zero-order valence-electron chi connectivity index (χ0n) is 7.54. The number of nitrogens with one attached hydrogen (secondary N) is 2. The lowest BCUT2D eigenvalue weighted by molar-refractivity contribution is 1.02. The Bertz CT molecular complexity index is 422. The monoisotopic (exact) mass is 243 g/mol. The molecule has 0 saturated carbocycles. The van der Waals surface area contributed by atoms with Crippen LogP contribution >= 0.6 is 23.2 Å². The molecule has 7 heteroatoms. The molecule has 15 heavy (non-hydrogen) atoms. The van der Waals surface area contributed by atoms with Gasteiger partial charge in [-0.05, 0) is 0 Å². The maximum atomic E-state index is 5.72. The summed E-state index contributed by atoms with van der Waals surface area (Å²) in [5.41, 5.74) is 0.926. The van der Waals surface area contributed by atoms with E-state index in [-0.39, 0.29) is 0 Å². The van der Waals surface area contributed by atoms with Crippen molar-refractivity contribution in [1.82, 2.24) is 19.9 Å². The van der Waals surface area contributed by atoms with Gasteiger partial charge in [0.25, 0.3) is 0 Å². The van der Waals surface area contributed by atoms with Gasteiger partial charge in [-0.1, -0.05) is 23.2 Å². The van der Waals surface area contributed by atoms with Crippen LogP contribution in [0.1, 0.15) is 5.69 Å². The lowest BCUT2D eigenvalue weighted by Gasteiger charge is -2.03. The Hall–Kier alpha value is -1.33. The highest BCUT2D eigenvalue weighted by molar-refractivity contribution is 6.33. The fourth-order valence-corrected chi connectivity index (χ4v) is 1.45. The minimum Gasteiger partial charge on any atom is -0.349 e. The smallest absolute Gasteiger partial charge is 0.225 e. The van der Waals surface area contributed by atoms with Crippen molar-refractivity contribution in [2.24, 2.45) is 0 Å². The molecule has 2 aromatic heterocycles. The van der Waals surface area contributed by atoms with E-state index in [9.17, 15) is 0 Å². The molecule has 2 aromatic rings. The van der Waals surface area contributed by atoms with Crippen LogP contribution in [0, 0.1) is 0 Å². The van der Waals surface area contributed by atoms with Crippen molar-refractivity contribution in [1.29, 1.82) is 0 Å². The molecule has 0 saturated heterocycles. The van der Waals surface area contributed by atoms with Crippen molar-refractivity contribution in [2.75, 3.05) is 5.32 Å². The number of rotatable bonds is 3. The second-order valence-corrected chi connectivity index (χ2v) is 3.54. The average molecular weight is 244 g/mol. The molecule has 0 bridgehead atoms. The summed E-state index contributed by atoms with van der Waals surface area (Å²) in [5, 5.41) is 3.58. The van der Waals surface area contributed by atoms with Crippen LogP contribution in [0.3, 0.4) is 0 Å². The van der Waals surface area contributed by atoms with E-state index in [2.05, 4.69) is 25.3 Å². The van der Waals surface area contributed by atoms with Gasteiger partial charge >= 0.3 is 0 Å². The molecular formula is C8H7Cl2N5. The van der Waals surface area contributed by atoms with E-state index in [1.54, 1.807) is 12.5 Å². The second kappa shape index (κ2) is 4.46. The summed E-state index contributed by atoms with van der Waals surface area (Å²) < 4.78 is 0. The SMILES string of the molecule is Clc1cc(Cl)nc(NCc2cnc[nH]2)n1. The third-order valence-corrected chi connectivity index (χ3v) is 2.04. The van der Waals surface area contributed by atoms with Crippen molar-refractivity contribution in [3.8, 4) is 0 Å². The number of halogens is 2. The number of aromatic nitrogens is 4. The number of hydrogen-bond acceptors (Lipinski definition) is 4. The highest BCUT2D eigenvalue weighted by atomic mass is 35.5. The van der Waals surface area contributed by atoms with Crippen molar-refractivity contribution in [3.63, 3.8) is 0 Å². The normalized spacial score (nSPS) is 10.3. The first-order valence-electron chi connectivity index (χ1n) is 4.15. The topological polar surface area (TPSA) is 66.5 Å². The van der Waals surface area contributed by atoms with Crippen LogP contribution in [-0.4, -0.2) is 19.9 Å². The van der Waals surface area contributed by atoms with Gasteiger partial charge in [0.2, 0.25) is 5.95 Å². The Balaban J connectivity index is 2.05. The molecule has 0 aromatic carbocycles. The fraction of sp³-hybridized carbons (Fsp3) is 0.125. The Morgan fingerprint density at radius 3 is 2.60 bits per heavy atom. The highest BCUT2D eigenvalue weighted by Gasteiger charge is 2.01. The zero-order valence-corrected chi connectivity index (χ0v) is 9.05. The minimum absolute atomic E-state index is 0.308. The quantitative estimate of drug-likeness (QED) is 0.811. The molecular weight excluding hydrogens is 237 g/mol. The lowest BCUT2D eigenvalue weighted by Crippen LogP contribution is -2.03. The van der Waals surface area contributed by atoms with Gasteiger partial charge in [0, 0.05) is 12.3 Å². The summed E-state index contributed by atoms with van der Waals surface area (Å²) in [7, 11) is 0. The number of nitrogens with zero attached hydrogens (tertiary/aromatic N) is 3. The third-order valence-electron chi connectivity index (χ3n) is 1.66. The first-order chi connectivity index (χ1) is 7.24. The average Bonchev–Trinajstić information content (AvgIpc) is 2.65. The summed E-state index contributed by atoms with van der Waals surface area (Å²) in [6.07, 6.45) is 3.31. The van der Waals surface area contributed by atoms with Gasteiger partial charge in [0.1, 0.15) is 10.3 Å². The summed E-state index contributed by atoms with van der Waals surface area (Å²) >= 11 is 11.4. The van der Waals surface area contributed by atoms with E-state index >= 15 is 0 Å². The Morgan fingerprint density at radius 2 is 2.00 bits per heavy atom. The summed E-state index contributed by atoms with van der Waals surface area (Å²) in [4.78, 5) is 14.7. The van der Waals surface area contributed by atoms with E-state index in [0.29, 0.717) is 22.8 Å². The van der Waals surface area contributed by atoms with Gasteiger partial charge in [-0.3, -0.25) is 0 Å². The summed E-state index contributed by atoms with van der Waals surface area (Å²) in [6.45, 7) is 0.538. The largest absolute Gasteiger partial charge is 0.349 e. The number of H-pyrrole nitrogens is 1. The van der Waals surface area contributed by atoms with Gasteiger partial charge in [-0.2, -0.15) is 0 Å². The molecule has 0 spiro atoms. The second-order valence-electron chi connectivity index (χ2n) is 2.77. The van der Waals surface area contributed by atoms with Gasteiger partial charge in [0.15, 0.2) is 0 Å². The fourth-order valence-electron chi connectivity index (χ4n) is 1.02. The van der Waals surface area contributed by atoms with Gasteiger partial charge < -0.3 is 10.3 Å². The molecule has 0 unspecified atom stereocenters. The molecule has 0 aliphatic rings. The first-order valence-corrected chi connectivity index (χ1v) is 4.91. The van der Waals surface area contributed by atoms with E-state index in [0.717, 1.165) is 5.69 Å². The molecule has 5 nitrogen and oxygen atoms in total. The van der Waals surface area contributed by atoms with Crippen molar-refractivity contribution in [2.45, 2.75) is 6.54 Å². The predicted octanol–water partition coefficient (Wildman–Crippen LogP) is 2.12. The van der Waals surface area contributed by atoms with Crippen molar-refractivity contribution >= 4 is 29.2 Å². The van der Waals surface area contributed by atoms with E-state index in [4.69, 9.17) is 23.2 Å². The van der Waals surface area contributed by atoms with E-state index in [1.165, 1.54) is 6.07 Å². The molecule has 0 fully saturated rings. The molecule has 2 heterocycles. The van der Waals surface area contributed by atoms with Crippen LogP contribution in [-0.2, 0) is 6.54 Å².